The highest BCUT2D eigenvalue weighted by molar-refractivity contribution is 7.92. The summed E-state index contributed by atoms with van der Waals surface area (Å²) in [5, 5.41) is 15.2. The molecule has 0 saturated heterocycles. The molecule has 0 unspecified atom stereocenters. The number of pyridine rings is 1. The highest BCUT2D eigenvalue weighted by Crippen LogP contribution is 2.19. The summed E-state index contributed by atoms with van der Waals surface area (Å²) in [5.41, 5.74) is 0.596. The van der Waals surface area contributed by atoms with Crippen LogP contribution in [0.2, 0.25) is 0 Å². The van der Waals surface area contributed by atoms with E-state index in [0.717, 1.165) is 5.56 Å². The number of nitriles is 1. The number of aryl methyl sites for hydroxylation is 1. The lowest BCUT2D eigenvalue weighted by Gasteiger charge is -2.08. The first-order chi connectivity index (χ1) is 9.08. The third kappa shape index (κ3) is 2.56. The van der Waals surface area contributed by atoms with E-state index in [1.54, 1.807) is 12.3 Å². The topological polar surface area (TPSA) is 112 Å². The molecule has 0 atom stereocenters. The number of rotatable bonds is 4. The first-order valence-electron chi connectivity index (χ1n) is 5.48. The number of sulfonamides is 1. The summed E-state index contributed by atoms with van der Waals surface area (Å²) in [7, 11) is -3.86. The molecule has 2 N–H and O–H groups in total. The van der Waals surface area contributed by atoms with E-state index in [1.165, 1.54) is 18.3 Å². The first kappa shape index (κ1) is 13.0. The fourth-order valence-corrected chi connectivity index (χ4v) is 2.71. The van der Waals surface area contributed by atoms with Gasteiger partial charge in [-0.3, -0.25) is 9.82 Å². The number of anilines is 1. The summed E-state index contributed by atoms with van der Waals surface area (Å²) in [6.45, 7) is 1.88. The van der Waals surface area contributed by atoms with Gasteiger partial charge >= 0.3 is 0 Å². The SMILES string of the molecule is CCc1cn[nH]c1NS(=O)(=O)c1cccnc1C#N. The lowest BCUT2D eigenvalue weighted by atomic mass is 10.3. The van der Waals surface area contributed by atoms with Gasteiger partial charge in [0.1, 0.15) is 16.8 Å². The number of H-pyrrole nitrogens is 1. The van der Waals surface area contributed by atoms with E-state index in [0.29, 0.717) is 12.2 Å². The van der Waals surface area contributed by atoms with Crippen LogP contribution in [-0.2, 0) is 16.4 Å². The molecule has 0 spiro atoms. The number of aromatic nitrogens is 3. The van der Waals surface area contributed by atoms with Crippen LogP contribution < -0.4 is 4.72 Å². The Balaban J connectivity index is 2.42. The Labute approximate surface area is 110 Å². The molecule has 0 radical (unpaired) electrons. The number of hydrogen-bond donors (Lipinski definition) is 2. The predicted molar refractivity (Wildman–Crippen MR) is 67.7 cm³/mol. The van der Waals surface area contributed by atoms with Gasteiger partial charge in [-0.05, 0) is 18.6 Å². The average molecular weight is 277 g/mol. The third-order valence-corrected chi connectivity index (χ3v) is 3.88. The molecular weight excluding hydrogens is 266 g/mol. The van der Waals surface area contributed by atoms with Crippen molar-refractivity contribution in [2.24, 2.45) is 0 Å². The second-order valence-electron chi connectivity index (χ2n) is 3.69. The second-order valence-corrected chi connectivity index (χ2v) is 5.34. The van der Waals surface area contributed by atoms with Crippen molar-refractivity contribution >= 4 is 15.8 Å². The molecule has 0 aliphatic heterocycles. The van der Waals surface area contributed by atoms with Crippen LogP contribution >= 0.6 is 0 Å². The van der Waals surface area contributed by atoms with Crippen LogP contribution in [-0.4, -0.2) is 23.6 Å². The van der Waals surface area contributed by atoms with Gasteiger partial charge in [-0.1, -0.05) is 6.92 Å². The van der Waals surface area contributed by atoms with E-state index in [1.807, 2.05) is 6.92 Å². The Hall–Kier alpha value is -2.40. The van der Waals surface area contributed by atoms with Gasteiger partial charge in [0, 0.05) is 11.8 Å². The van der Waals surface area contributed by atoms with Crippen molar-refractivity contribution in [2.75, 3.05) is 4.72 Å². The molecule has 0 aliphatic rings. The van der Waals surface area contributed by atoms with E-state index < -0.39 is 10.0 Å². The summed E-state index contributed by atoms with van der Waals surface area (Å²) in [4.78, 5) is 3.57. The Morgan fingerprint density at radius 1 is 1.53 bits per heavy atom. The monoisotopic (exact) mass is 277 g/mol. The zero-order chi connectivity index (χ0) is 13.9. The van der Waals surface area contributed by atoms with Crippen LogP contribution in [0.1, 0.15) is 18.2 Å². The molecule has 0 fully saturated rings. The average Bonchev–Trinajstić information content (AvgIpc) is 2.85. The lowest BCUT2D eigenvalue weighted by Crippen LogP contribution is -2.16. The minimum Gasteiger partial charge on any atom is -0.263 e. The minimum atomic E-state index is -3.86. The Bertz CT molecular complexity index is 730. The maximum atomic E-state index is 12.2. The normalized spacial score (nSPS) is 10.9. The molecular formula is C11H11N5O2S. The highest BCUT2D eigenvalue weighted by atomic mass is 32.2. The maximum Gasteiger partial charge on any atom is 0.265 e. The molecule has 2 rings (SSSR count). The smallest absolute Gasteiger partial charge is 0.263 e. The van der Waals surface area contributed by atoms with Crippen molar-refractivity contribution in [1.82, 2.24) is 15.2 Å². The molecule has 0 saturated carbocycles. The molecule has 8 heteroatoms. The zero-order valence-corrected chi connectivity index (χ0v) is 10.9. The molecule has 7 nitrogen and oxygen atoms in total. The summed E-state index contributed by atoms with van der Waals surface area (Å²) in [6.07, 6.45) is 3.55. The van der Waals surface area contributed by atoms with E-state index in [2.05, 4.69) is 19.9 Å². The molecule has 98 valence electrons. The third-order valence-electron chi connectivity index (χ3n) is 2.50. The van der Waals surface area contributed by atoms with Crippen LogP contribution in [0.3, 0.4) is 0 Å². The summed E-state index contributed by atoms with van der Waals surface area (Å²) >= 11 is 0. The number of nitrogens with zero attached hydrogens (tertiary/aromatic N) is 3. The molecule has 0 aromatic carbocycles. The molecule has 2 heterocycles. The van der Waals surface area contributed by atoms with Gasteiger partial charge in [-0.25, -0.2) is 13.4 Å². The summed E-state index contributed by atoms with van der Waals surface area (Å²) in [6, 6.07) is 4.54. The van der Waals surface area contributed by atoms with Crippen LogP contribution in [0.25, 0.3) is 0 Å². The standard InChI is InChI=1S/C11H11N5O2S/c1-2-8-7-14-15-11(8)16-19(17,18)10-4-3-5-13-9(10)6-12/h3-5,7H,2H2,1H3,(H2,14,15,16). The number of aromatic amines is 1. The van der Waals surface area contributed by atoms with Gasteiger partial charge in [0.2, 0.25) is 0 Å². The summed E-state index contributed by atoms with van der Waals surface area (Å²) in [5.74, 6) is 0.301. The first-order valence-corrected chi connectivity index (χ1v) is 6.97. The van der Waals surface area contributed by atoms with E-state index in [-0.39, 0.29) is 10.6 Å². The highest BCUT2D eigenvalue weighted by Gasteiger charge is 2.21. The van der Waals surface area contributed by atoms with Gasteiger partial charge < -0.3 is 0 Å². The molecule has 2 aromatic heterocycles. The van der Waals surface area contributed by atoms with Crippen molar-refractivity contribution in [3.8, 4) is 6.07 Å². The molecule has 0 bridgehead atoms. The zero-order valence-electron chi connectivity index (χ0n) is 10.1. The van der Waals surface area contributed by atoms with Gasteiger partial charge in [-0.15, -0.1) is 0 Å². The Kier molecular flexibility index (Phi) is 3.48. The van der Waals surface area contributed by atoms with Gasteiger partial charge in [-0.2, -0.15) is 10.4 Å². The largest absolute Gasteiger partial charge is 0.265 e. The minimum absolute atomic E-state index is 0.146. The Morgan fingerprint density at radius 2 is 2.32 bits per heavy atom. The van der Waals surface area contributed by atoms with Crippen LogP contribution in [0, 0.1) is 11.3 Å². The molecule has 0 amide bonds. The number of hydrogen-bond acceptors (Lipinski definition) is 5. The van der Waals surface area contributed by atoms with Crippen molar-refractivity contribution in [3.05, 3.63) is 35.8 Å². The predicted octanol–water partition coefficient (Wildman–Crippen LogP) is 1.04. The van der Waals surface area contributed by atoms with Crippen molar-refractivity contribution in [3.63, 3.8) is 0 Å². The van der Waals surface area contributed by atoms with Gasteiger partial charge in [0.15, 0.2) is 5.69 Å². The van der Waals surface area contributed by atoms with Crippen molar-refractivity contribution < 1.29 is 8.42 Å². The van der Waals surface area contributed by atoms with Crippen LogP contribution in [0.4, 0.5) is 5.82 Å². The van der Waals surface area contributed by atoms with Gasteiger partial charge in [0.05, 0.1) is 6.20 Å². The number of nitrogens with one attached hydrogen (secondary N) is 2. The fraction of sp³-hybridized carbons (Fsp3) is 0.182. The van der Waals surface area contributed by atoms with Crippen molar-refractivity contribution in [2.45, 2.75) is 18.2 Å². The molecule has 0 aliphatic carbocycles. The summed E-state index contributed by atoms with van der Waals surface area (Å²) < 4.78 is 26.8. The second kappa shape index (κ2) is 5.07. The van der Waals surface area contributed by atoms with E-state index in [4.69, 9.17) is 5.26 Å². The van der Waals surface area contributed by atoms with Crippen LogP contribution in [0.5, 0.6) is 0 Å². The van der Waals surface area contributed by atoms with Crippen LogP contribution in [0.15, 0.2) is 29.4 Å². The van der Waals surface area contributed by atoms with Crippen molar-refractivity contribution in [1.29, 1.82) is 5.26 Å². The molecule has 2 aromatic rings. The fourth-order valence-electron chi connectivity index (χ4n) is 1.55. The molecule has 19 heavy (non-hydrogen) atoms. The van der Waals surface area contributed by atoms with E-state index >= 15 is 0 Å². The van der Waals surface area contributed by atoms with E-state index in [9.17, 15) is 8.42 Å². The Morgan fingerprint density at radius 3 is 3.00 bits per heavy atom. The quantitative estimate of drug-likeness (QED) is 0.867. The maximum absolute atomic E-state index is 12.2. The lowest BCUT2D eigenvalue weighted by molar-refractivity contribution is 0.600. The van der Waals surface area contributed by atoms with Gasteiger partial charge in [0.25, 0.3) is 10.0 Å².